The van der Waals surface area contributed by atoms with Crippen LogP contribution in [-0.4, -0.2) is 10.5 Å². The largest absolute Gasteiger partial charge is 0.325 e. The highest BCUT2D eigenvalue weighted by molar-refractivity contribution is 6.30. The number of carbonyl (C=O) groups is 1. The molecule has 0 bridgehead atoms. The third-order valence-corrected chi connectivity index (χ3v) is 3.54. The van der Waals surface area contributed by atoms with E-state index in [2.05, 4.69) is 12.2 Å². The van der Waals surface area contributed by atoms with Gasteiger partial charge in [-0.05, 0) is 36.6 Å². The molecule has 0 atom stereocenters. The molecule has 0 spiro atoms. The Morgan fingerprint density at radius 2 is 1.91 bits per heavy atom. The minimum Gasteiger partial charge on any atom is -0.325 e. The molecule has 2 rings (SSSR count). The highest BCUT2D eigenvalue weighted by Gasteiger charge is 2.05. The van der Waals surface area contributed by atoms with Gasteiger partial charge in [-0.2, -0.15) is 0 Å². The summed E-state index contributed by atoms with van der Waals surface area (Å²) in [5, 5.41) is 3.20. The molecule has 0 aliphatic carbocycles. The maximum atomic E-state index is 12.0. The summed E-state index contributed by atoms with van der Waals surface area (Å²) in [5.41, 5.74) is 1.72. The second-order valence-corrected chi connectivity index (χ2v) is 5.60. The number of aryl methyl sites for hydroxylation is 1. The number of amides is 1. The van der Waals surface area contributed by atoms with Gasteiger partial charge >= 0.3 is 0 Å². The van der Waals surface area contributed by atoms with Gasteiger partial charge in [0.2, 0.25) is 5.91 Å². The van der Waals surface area contributed by atoms with E-state index in [0.29, 0.717) is 5.02 Å². The molecule has 0 saturated carbocycles. The summed E-state index contributed by atoms with van der Waals surface area (Å²) in [6.45, 7) is 2.10. The summed E-state index contributed by atoms with van der Waals surface area (Å²) in [6.07, 6.45) is 4.82. The van der Waals surface area contributed by atoms with Crippen LogP contribution in [0.25, 0.3) is 0 Å². The summed E-state index contributed by atoms with van der Waals surface area (Å²) in [6, 6.07) is 10.6. The molecule has 116 valence electrons. The van der Waals surface area contributed by atoms with E-state index in [9.17, 15) is 9.59 Å². The second kappa shape index (κ2) is 7.80. The van der Waals surface area contributed by atoms with Crippen LogP contribution in [-0.2, 0) is 17.8 Å². The van der Waals surface area contributed by atoms with Gasteiger partial charge in [0.25, 0.3) is 5.56 Å². The van der Waals surface area contributed by atoms with Gasteiger partial charge in [0.15, 0.2) is 0 Å². The van der Waals surface area contributed by atoms with Crippen LogP contribution >= 0.6 is 11.6 Å². The normalized spacial score (nSPS) is 10.5. The van der Waals surface area contributed by atoms with Gasteiger partial charge in [-0.15, -0.1) is 0 Å². The summed E-state index contributed by atoms with van der Waals surface area (Å²) in [5.74, 6) is -0.259. The van der Waals surface area contributed by atoms with Crippen LogP contribution in [0.1, 0.15) is 25.3 Å². The lowest BCUT2D eigenvalue weighted by Gasteiger charge is -2.08. The minimum atomic E-state index is -0.259. The molecule has 1 aromatic carbocycles. The Morgan fingerprint density at radius 1 is 1.18 bits per heavy atom. The van der Waals surface area contributed by atoms with Gasteiger partial charge in [0.1, 0.15) is 6.54 Å². The lowest BCUT2D eigenvalue weighted by Crippen LogP contribution is -2.26. The van der Waals surface area contributed by atoms with Gasteiger partial charge in [-0.3, -0.25) is 9.59 Å². The maximum Gasteiger partial charge on any atom is 0.251 e. The number of nitrogens with one attached hydrogen (secondary N) is 1. The molecule has 1 N–H and O–H groups in total. The molecule has 0 fully saturated rings. The lowest BCUT2D eigenvalue weighted by atomic mass is 10.1. The van der Waals surface area contributed by atoms with Gasteiger partial charge in [-0.1, -0.05) is 37.1 Å². The molecule has 5 heteroatoms. The quantitative estimate of drug-likeness (QED) is 0.886. The van der Waals surface area contributed by atoms with Gasteiger partial charge in [0, 0.05) is 18.0 Å². The van der Waals surface area contributed by atoms with Gasteiger partial charge < -0.3 is 9.88 Å². The smallest absolute Gasteiger partial charge is 0.251 e. The summed E-state index contributed by atoms with van der Waals surface area (Å²) >= 11 is 5.83. The van der Waals surface area contributed by atoms with Crippen molar-refractivity contribution in [3.05, 3.63) is 63.5 Å². The Kier molecular flexibility index (Phi) is 5.78. The molecular formula is C17H19ClN2O2. The van der Waals surface area contributed by atoms with Gasteiger partial charge in [-0.25, -0.2) is 0 Å². The number of pyridine rings is 1. The predicted octanol–water partition coefficient (Wildman–Crippen LogP) is 3.48. The van der Waals surface area contributed by atoms with Crippen molar-refractivity contribution < 1.29 is 4.79 Å². The topological polar surface area (TPSA) is 51.1 Å². The molecule has 22 heavy (non-hydrogen) atoms. The van der Waals surface area contributed by atoms with E-state index in [1.165, 1.54) is 28.5 Å². The third-order valence-electron chi connectivity index (χ3n) is 3.32. The number of anilines is 1. The fraction of sp³-hybridized carbons (Fsp3) is 0.294. The van der Waals surface area contributed by atoms with Crippen molar-refractivity contribution in [2.45, 2.75) is 32.7 Å². The summed E-state index contributed by atoms with van der Waals surface area (Å²) in [4.78, 5) is 23.6. The average molecular weight is 319 g/mol. The molecule has 1 amide bonds. The second-order valence-electron chi connectivity index (χ2n) is 5.16. The zero-order valence-electron chi connectivity index (χ0n) is 12.5. The SMILES string of the molecule is CCCCc1ccc(NC(=O)Cn2cc(Cl)ccc2=O)cc1. The number of nitrogens with zero attached hydrogens (tertiary/aromatic N) is 1. The molecular weight excluding hydrogens is 300 g/mol. The minimum absolute atomic E-state index is 0.0586. The molecule has 2 aromatic rings. The van der Waals surface area contributed by atoms with Crippen molar-refractivity contribution in [2.24, 2.45) is 0 Å². The van der Waals surface area contributed by atoms with E-state index in [1.54, 1.807) is 0 Å². The Hall–Kier alpha value is -2.07. The molecule has 4 nitrogen and oxygen atoms in total. The van der Waals surface area contributed by atoms with E-state index in [4.69, 9.17) is 11.6 Å². The maximum absolute atomic E-state index is 12.0. The molecule has 0 aliphatic heterocycles. The fourth-order valence-electron chi connectivity index (χ4n) is 2.12. The zero-order chi connectivity index (χ0) is 15.9. The molecule has 0 unspecified atom stereocenters. The highest BCUT2D eigenvalue weighted by Crippen LogP contribution is 2.12. The van der Waals surface area contributed by atoms with Crippen LogP contribution < -0.4 is 10.9 Å². The Morgan fingerprint density at radius 3 is 2.59 bits per heavy atom. The first kappa shape index (κ1) is 16.3. The van der Waals surface area contributed by atoms with Crippen molar-refractivity contribution >= 4 is 23.2 Å². The average Bonchev–Trinajstić information content (AvgIpc) is 2.50. The first-order valence-corrected chi connectivity index (χ1v) is 7.71. The molecule has 1 heterocycles. The fourth-order valence-corrected chi connectivity index (χ4v) is 2.30. The van der Waals surface area contributed by atoms with Crippen molar-refractivity contribution in [1.82, 2.24) is 4.57 Å². The summed E-state index contributed by atoms with van der Waals surface area (Å²) in [7, 11) is 0. The number of benzene rings is 1. The van der Waals surface area contributed by atoms with Crippen molar-refractivity contribution in [3.63, 3.8) is 0 Å². The Labute approximate surface area is 134 Å². The monoisotopic (exact) mass is 318 g/mol. The number of hydrogen-bond donors (Lipinski definition) is 1. The van der Waals surface area contributed by atoms with E-state index >= 15 is 0 Å². The van der Waals surface area contributed by atoms with E-state index < -0.39 is 0 Å². The molecule has 0 aliphatic rings. The molecule has 0 saturated heterocycles. The van der Waals surface area contributed by atoms with Crippen LogP contribution in [0.15, 0.2) is 47.4 Å². The van der Waals surface area contributed by atoms with Crippen LogP contribution in [0.4, 0.5) is 5.69 Å². The predicted molar refractivity (Wildman–Crippen MR) is 89.4 cm³/mol. The number of rotatable bonds is 6. The van der Waals surface area contributed by atoms with E-state index in [-0.39, 0.29) is 18.0 Å². The van der Waals surface area contributed by atoms with E-state index in [1.807, 2.05) is 24.3 Å². The van der Waals surface area contributed by atoms with E-state index in [0.717, 1.165) is 24.9 Å². The van der Waals surface area contributed by atoms with Crippen LogP contribution in [0.2, 0.25) is 5.02 Å². The number of aromatic nitrogens is 1. The van der Waals surface area contributed by atoms with Gasteiger partial charge in [0.05, 0.1) is 5.02 Å². The van der Waals surface area contributed by atoms with Crippen LogP contribution in [0.5, 0.6) is 0 Å². The first-order valence-electron chi connectivity index (χ1n) is 7.33. The third kappa shape index (κ3) is 4.74. The zero-order valence-corrected chi connectivity index (χ0v) is 13.3. The Bertz CT molecular complexity index is 693. The Balaban J connectivity index is 1.97. The molecule has 0 radical (unpaired) electrons. The van der Waals surface area contributed by atoms with Crippen molar-refractivity contribution in [3.8, 4) is 0 Å². The van der Waals surface area contributed by atoms with Crippen LogP contribution in [0, 0.1) is 0 Å². The standard InChI is InChI=1S/C17H19ClN2O2/c1-2-3-4-13-5-8-15(9-6-13)19-16(21)12-20-11-14(18)7-10-17(20)22/h5-11H,2-4,12H2,1H3,(H,19,21). The number of hydrogen-bond acceptors (Lipinski definition) is 2. The van der Waals surface area contributed by atoms with Crippen molar-refractivity contribution in [2.75, 3.05) is 5.32 Å². The number of carbonyl (C=O) groups excluding carboxylic acids is 1. The lowest BCUT2D eigenvalue weighted by molar-refractivity contribution is -0.116. The van der Waals surface area contributed by atoms with Crippen LogP contribution in [0.3, 0.4) is 0 Å². The number of unbranched alkanes of at least 4 members (excludes halogenated alkanes) is 1. The first-order chi connectivity index (χ1) is 10.6. The highest BCUT2D eigenvalue weighted by atomic mass is 35.5. The summed E-state index contributed by atoms with van der Waals surface area (Å²) < 4.78 is 1.29. The van der Waals surface area contributed by atoms with Crippen molar-refractivity contribution in [1.29, 1.82) is 0 Å². The molecule has 1 aromatic heterocycles. The number of halogens is 1.